The number of nitrogens with zero attached hydrogens (tertiary/aromatic N) is 4. The zero-order valence-electron chi connectivity index (χ0n) is 10.5. The topological polar surface area (TPSA) is 81.9 Å². The molecule has 1 N–H and O–H groups in total. The fraction of sp³-hybridized carbons (Fsp3) is 0.500. The van der Waals surface area contributed by atoms with Crippen molar-refractivity contribution >= 4 is 11.9 Å². The number of hydrogen-bond acceptors (Lipinski definition) is 5. The summed E-state index contributed by atoms with van der Waals surface area (Å²) in [6.07, 6.45) is 0.686. The van der Waals surface area contributed by atoms with E-state index in [1.165, 1.54) is 0 Å². The Balaban J connectivity index is 2.37. The minimum Gasteiger partial charge on any atom is -0.353 e. The van der Waals surface area contributed by atoms with Crippen molar-refractivity contribution < 1.29 is 4.79 Å². The van der Waals surface area contributed by atoms with Crippen molar-refractivity contribution in [2.24, 2.45) is 0 Å². The average Bonchev–Trinajstić information content (AvgIpc) is 2.37. The second-order valence-electron chi connectivity index (χ2n) is 4.21. The Morgan fingerprint density at radius 2 is 2.39 bits per heavy atom. The Morgan fingerprint density at radius 3 is 3.06 bits per heavy atom. The fourth-order valence-corrected chi connectivity index (χ4v) is 2.10. The van der Waals surface area contributed by atoms with Crippen molar-refractivity contribution in [3.63, 3.8) is 0 Å². The summed E-state index contributed by atoms with van der Waals surface area (Å²) in [5.41, 5.74) is 1.07. The molecule has 0 aliphatic carbocycles. The zero-order valence-corrected chi connectivity index (χ0v) is 10.5. The maximum Gasteiger partial charge on any atom is 0.242 e. The Hall–Kier alpha value is -2.16. The first kappa shape index (κ1) is 12.3. The molecule has 6 heteroatoms. The second-order valence-corrected chi connectivity index (χ2v) is 4.21. The van der Waals surface area contributed by atoms with Crippen LogP contribution in [-0.2, 0) is 4.79 Å². The summed E-state index contributed by atoms with van der Waals surface area (Å²) in [7, 11) is 0. The van der Waals surface area contributed by atoms with E-state index in [2.05, 4.69) is 15.3 Å². The van der Waals surface area contributed by atoms with Crippen LogP contribution in [0, 0.1) is 18.3 Å². The first-order chi connectivity index (χ1) is 8.65. The second kappa shape index (κ2) is 5.00. The molecule has 1 unspecified atom stereocenters. The molecule has 6 nitrogen and oxygen atoms in total. The number of hydrogen-bond donors (Lipinski definition) is 1. The van der Waals surface area contributed by atoms with E-state index in [0.29, 0.717) is 31.2 Å². The molecule has 0 radical (unpaired) electrons. The van der Waals surface area contributed by atoms with Crippen molar-refractivity contribution in [1.82, 2.24) is 15.3 Å². The third-order valence-corrected chi connectivity index (χ3v) is 2.93. The summed E-state index contributed by atoms with van der Waals surface area (Å²) >= 11 is 0. The van der Waals surface area contributed by atoms with Gasteiger partial charge < -0.3 is 10.2 Å². The number of nitrogens with one attached hydrogen (secondary N) is 1. The highest BCUT2D eigenvalue weighted by Gasteiger charge is 2.30. The summed E-state index contributed by atoms with van der Waals surface area (Å²) in [6, 6.07) is 3.39. The molecule has 0 saturated carbocycles. The smallest absolute Gasteiger partial charge is 0.242 e. The zero-order chi connectivity index (χ0) is 13.1. The van der Waals surface area contributed by atoms with Crippen LogP contribution in [0.2, 0.25) is 0 Å². The lowest BCUT2D eigenvalue weighted by Gasteiger charge is -2.34. The number of piperazine rings is 1. The molecular formula is C12H15N5O. The molecule has 1 aliphatic heterocycles. The molecular weight excluding hydrogens is 230 g/mol. The van der Waals surface area contributed by atoms with Crippen LogP contribution in [0.15, 0.2) is 6.07 Å². The highest BCUT2D eigenvalue weighted by atomic mass is 16.2. The Kier molecular flexibility index (Phi) is 3.42. The van der Waals surface area contributed by atoms with E-state index >= 15 is 0 Å². The van der Waals surface area contributed by atoms with Crippen LogP contribution in [-0.4, -0.2) is 35.0 Å². The Labute approximate surface area is 106 Å². The van der Waals surface area contributed by atoms with E-state index in [1.54, 1.807) is 6.07 Å². The van der Waals surface area contributed by atoms with Gasteiger partial charge in [-0.25, -0.2) is 9.97 Å². The van der Waals surface area contributed by atoms with Crippen molar-refractivity contribution in [1.29, 1.82) is 5.26 Å². The number of aryl methyl sites for hydroxylation is 1. The van der Waals surface area contributed by atoms with Crippen LogP contribution < -0.4 is 10.2 Å². The van der Waals surface area contributed by atoms with Crippen LogP contribution in [0.1, 0.15) is 24.7 Å². The van der Waals surface area contributed by atoms with Gasteiger partial charge in [-0.3, -0.25) is 4.79 Å². The molecule has 1 aromatic rings. The lowest BCUT2D eigenvalue weighted by molar-refractivity contribution is -0.123. The van der Waals surface area contributed by atoms with Crippen LogP contribution in [0.3, 0.4) is 0 Å². The summed E-state index contributed by atoms with van der Waals surface area (Å²) in [5.74, 6) is 0.459. The minimum absolute atomic E-state index is 0.00707. The molecule has 2 rings (SSSR count). The molecule has 2 heterocycles. The van der Waals surface area contributed by atoms with Gasteiger partial charge in [0.25, 0.3) is 0 Å². The monoisotopic (exact) mass is 245 g/mol. The molecule has 1 fully saturated rings. The molecule has 0 bridgehead atoms. The number of amides is 1. The van der Waals surface area contributed by atoms with Crippen molar-refractivity contribution in [2.75, 3.05) is 18.0 Å². The van der Waals surface area contributed by atoms with E-state index in [-0.39, 0.29) is 11.9 Å². The van der Waals surface area contributed by atoms with E-state index in [9.17, 15) is 4.79 Å². The van der Waals surface area contributed by atoms with Gasteiger partial charge in [-0.15, -0.1) is 0 Å². The standard InChI is InChI=1S/C12H15N5O/c1-3-10-11(18)14-4-5-17(10)12-15-8(2)6-9(7-13)16-12/h6,10H,3-5H2,1-2H3,(H,14,18). The van der Waals surface area contributed by atoms with E-state index in [1.807, 2.05) is 24.8 Å². The van der Waals surface area contributed by atoms with Crippen molar-refractivity contribution in [3.05, 3.63) is 17.5 Å². The maximum atomic E-state index is 11.8. The van der Waals surface area contributed by atoms with Gasteiger partial charge in [0, 0.05) is 18.8 Å². The van der Waals surface area contributed by atoms with E-state index in [4.69, 9.17) is 5.26 Å². The van der Waals surface area contributed by atoms with Gasteiger partial charge in [-0.2, -0.15) is 5.26 Å². The maximum absolute atomic E-state index is 11.8. The summed E-state index contributed by atoms with van der Waals surface area (Å²) in [6.45, 7) is 5.01. The van der Waals surface area contributed by atoms with Crippen LogP contribution in [0.25, 0.3) is 0 Å². The summed E-state index contributed by atoms with van der Waals surface area (Å²) < 4.78 is 0. The molecule has 1 atom stereocenters. The SMILES string of the molecule is CCC1C(=O)NCCN1c1nc(C)cc(C#N)n1. The number of carbonyl (C=O) groups is 1. The van der Waals surface area contributed by atoms with Gasteiger partial charge in [-0.1, -0.05) is 6.92 Å². The van der Waals surface area contributed by atoms with Crippen LogP contribution in [0.5, 0.6) is 0 Å². The first-order valence-electron chi connectivity index (χ1n) is 5.96. The third-order valence-electron chi connectivity index (χ3n) is 2.93. The highest BCUT2D eigenvalue weighted by Crippen LogP contribution is 2.17. The van der Waals surface area contributed by atoms with Gasteiger partial charge in [0.2, 0.25) is 11.9 Å². The summed E-state index contributed by atoms with van der Waals surface area (Å²) in [5, 5.41) is 11.7. The molecule has 1 saturated heterocycles. The van der Waals surface area contributed by atoms with Crippen LogP contribution >= 0.6 is 0 Å². The minimum atomic E-state index is -0.257. The average molecular weight is 245 g/mol. The van der Waals surface area contributed by atoms with Gasteiger partial charge in [-0.05, 0) is 19.4 Å². The molecule has 0 aromatic carbocycles. The van der Waals surface area contributed by atoms with Gasteiger partial charge in [0.15, 0.2) is 0 Å². The molecule has 94 valence electrons. The predicted octanol–water partition coefficient (Wildman–Crippen LogP) is 0.371. The number of rotatable bonds is 2. The molecule has 1 aromatic heterocycles. The molecule has 18 heavy (non-hydrogen) atoms. The molecule has 0 spiro atoms. The lowest BCUT2D eigenvalue weighted by atomic mass is 10.1. The van der Waals surface area contributed by atoms with Gasteiger partial charge >= 0.3 is 0 Å². The predicted molar refractivity (Wildman–Crippen MR) is 65.9 cm³/mol. The molecule has 1 aliphatic rings. The lowest BCUT2D eigenvalue weighted by Crippen LogP contribution is -2.55. The number of aromatic nitrogens is 2. The fourth-order valence-electron chi connectivity index (χ4n) is 2.10. The Bertz CT molecular complexity index is 508. The molecule has 1 amide bonds. The first-order valence-corrected chi connectivity index (χ1v) is 5.96. The highest BCUT2D eigenvalue weighted by molar-refractivity contribution is 5.85. The normalized spacial score (nSPS) is 19.3. The third kappa shape index (κ3) is 2.25. The largest absolute Gasteiger partial charge is 0.353 e. The van der Waals surface area contributed by atoms with Gasteiger partial charge in [0.05, 0.1) is 0 Å². The van der Waals surface area contributed by atoms with Crippen LogP contribution in [0.4, 0.5) is 5.95 Å². The Morgan fingerprint density at radius 1 is 1.61 bits per heavy atom. The number of anilines is 1. The van der Waals surface area contributed by atoms with E-state index in [0.717, 1.165) is 5.69 Å². The van der Waals surface area contributed by atoms with Gasteiger partial charge in [0.1, 0.15) is 17.8 Å². The quantitative estimate of drug-likeness (QED) is 0.814. The number of carbonyl (C=O) groups excluding carboxylic acids is 1. The van der Waals surface area contributed by atoms with Crippen molar-refractivity contribution in [3.8, 4) is 6.07 Å². The van der Waals surface area contributed by atoms with E-state index < -0.39 is 0 Å². The van der Waals surface area contributed by atoms with Crippen molar-refractivity contribution in [2.45, 2.75) is 26.3 Å². The number of nitriles is 1. The summed E-state index contributed by atoms with van der Waals surface area (Å²) in [4.78, 5) is 22.1.